The van der Waals surface area contributed by atoms with Crippen LogP contribution in [0.1, 0.15) is 44.1 Å². The normalized spacial score (nSPS) is 17.3. The maximum absolute atomic E-state index is 5.50. The highest BCUT2D eigenvalue weighted by atomic mass is 32.1. The van der Waals surface area contributed by atoms with Crippen molar-refractivity contribution in [3.05, 3.63) is 60.6 Å². The van der Waals surface area contributed by atoms with Crippen molar-refractivity contribution in [1.29, 1.82) is 0 Å². The van der Waals surface area contributed by atoms with Crippen molar-refractivity contribution >= 4 is 25.1 Å². The molecule has 2 aliphatic rings. The van der Waals surface area contributed by atoms with Crippen molar-refractivity contribution in [2.45, 2.75) is 50.6 Å². The first-order chi connectivity index (χ1) is 16.7. The van der Waals surface area contributed by atoms with E-state index in [4.69, 9.17) is 4.74 Å². The summed E-state index contributed by atoms with van der Waals surface area (Å²) in [4.78, 5) is 16.2. The number of anilines is 2. The molecule has 0 amide bonds. The van der Waals surface area contributed by atoms with E-state index in [1.165, 1.54) is 44.3 Å². The Morgan fingerprint density at radius 2 is 1.80 bits per heavy atom. The van der Waals surface area contributed by atoms with E-state index in [1.54, 1.807) is 13.4 Å². The molecule has 35 heavy (non-hydrogen) atoms. The number of ether oxygens (including phenoxy) is 1. The number of piperidine rings is 1. The largest absolute Gasteiger partial charge is 0.496 e. The van der Waals surface area contributed by atoms with E-state index >= 15 is 0 Å². The average Bonchev–Trinajstić information content (AvgIpc) is 3.74. The Hall–Kier alpha value is -2.84. The molecular weight excluding hydrogens is 456 g/mol. The maximum atomic E-state index is 5.50. The predicted molar refractivity (Wildman–Crippen MR) is 147 cm³/mol. The van der Waals surface area contributed by atoms with Crippen LogP contribution in [0.5, 0.6) is 5.75 Å². The zero-order valence-electron chi connectivity index (χ0n) is 20.6. The molecule has 0 unspecified atom stereocenters. The van der Waals surface area contributed by atoms with Crippen LogP contribution < -0.4 is 15.4 Å². The van der Waals surface area contributed by atoms with Gasteiger partial charge in [-0.3, -0.25) is 0 Å². The van der Waals surface area contributed by atoms with Crippen LogP contribution in [-0.2, 0) is 0 Å². The standard InChI is InChI=1S/C27H34N6O.H2S/c1-19(23-5-3-4-6-25(23)34-2)16-28-27-15-24(30-18-31-27)20-7-10-26(29-17-20)32-21-11-13-33(14-12-21)22-8-9-22;/h3-7,10,15,17-19,21-22H,8-9,11-14,16H2,1-2H3,(H,29,32)(H,28,30,31);1H2/t19-;/m1./s1. The fourth-order valence-electron chi connectivity index (χ4n) is 4.74. The number of nitrogens with one attached hydrogen (secondary N) is 2. The van der Waals surface area contributed by atoms with Gasteiger partial charge in [-0.15, -0.1) is 0 Å². The highest BCUT2D eigenvalue weighted by Crippen LogP contribution is 2.30. The molecule has 7 nitrogen and oxygen atoms in total. The highest BCUT2D eigenvalue weighted by molar-refractivity contribution is 7.59. The van der Waals surface area contributed by atoms with Crippen LogP contribution in [0.2, 0.25) is 0 Å². The minimum absolute atomic E-state index is 0. The second-order valence-corrected chi connectivity index (χ2v) is 9.43. The Balaban J connectivity index is 0.00000289. The molecule has 8 heteroatoms. The number of rotatable bonds is 9. The van der Waals surface area contributed by atoms with Gasteiger partial charge in [-0.2, -0.15) is 13.5 Å². The van der Waals surface area contributed by atoms with Crippen LogP contribution in [0.15, 0.2) is 55.0 Å². The maximum Gasteiger partial charge on any atom is 0.129 e. The third kappa shape index (κ3) is 6.44. The van der Waals surface area contributed by atoms with Crippen molar-refractivity contribution in [3.63, 3.8) is 0 Å². The molecule has 1 atom stereocenters. The molecule has 186 valence electrons. The van der Waals surface area contributed by atoms with Gasteiger partial charge >= 0.3 is 0 Å². The lowest BCUT2D eigenvalue weighted by molar-refractivity contribution is 0.210. The van der Waals surface area contributed by atoms with Crippen molar-refractivity contribution in [2.24, 2.45) is 0 Å². The molecule has 1 saturated heterocycles. The number of pyridine rings is 1. The number of benzene rings is 1. The van der Waals surface area contributed by atoms with Gasteiger partial charge in [0.25, 0.3) is 0 Å². The van der Waals surface area contributed by atoms with Gasteiger partial charge in [-0.1, -0.05) is 25.1 Å². The smallest absolute Gasteiger partial charge is 0.129 e. The van der Waals surface area contributed by atoms with Crippen LogP contribution in [-0.4, -0.2) is 58.7 Å². The van der Waals surface area contributed by atoms with Crippen LogP contribution in [0, 0.1) is 0 Å². The summed E-state index contributed by atoms with van der Waals surface area (Å²) >= 11 is 0. The Labute approximate surface area is 215 Å². The van der Waals surface area contributed by atoms with E-state index in [2.05, 4.69) is 55.6 Å². The lowest BCUT2D eigenvalue weighted by atomic mass is 10.00. The van der Waals surface area contributed by atoms with E-state index in [9.17, 15) is 0 Å². The van der Waals surface area contributed by atoms with Crippen LogP contribution in [0.3, 0.4) is 0 Å². The molecule has 1 saturated carbocycles. The molecule has 1 aliphatic heterocycles. The van der Waals surface area contributed by atoms with E-state index in [0.29, 0.717) is 6.04 Å². The molecule has 0 bridgehead atoms. The van der Waals surface area contributed by atoms with Gasteiger partial charge in [0.05, 0.1) is 12.8 Å². The van der Waals surface area contributed by atoms with Crippen molar-refractivity contribution in [3.8, 4) is 17.0 Å². The zero-order valence-corrected chi connectivity index (χ0v) is 21.6. The molecule has 2 fully saturated rings. The molecule has 3 heterocycles. The van der Waals surface area contributed by atoms with Crippen molar-refractivity contribution in [2.75, 3.05) is 37.4 Å². The molecule has 2 aromatic heterocycles. The molecular formula is C27H36N6OS. The minimum atomic E-state index is 0. The third-order valence-electron chi connectivity index (χ3n) is 6.93. The second-order valence-electron chi connectivity index (χ2n) is 9.43. The topological polar surface area (TPSA) is 75.2 Å². The number of nitrogens with zero attached hydrogens (tertiary/aromatic N) is 4. The lowest BCUT2D eigenvalue weighted by Gasteiger charge is -2.32. The second kappa shape index (κ2) is 11.7. The molecule has 5 rings (SSSR count). The third-order valence-corrected chi connectivity index (χ3v) is 6.93. The van der Waals surface area contributed by atoms with E-state index in [-0.39, 0.29) is 19.4 Å². The number of para-hydroxylation sites is 1. The van der Waals surface area contributed by atoms with Gasteiger partial charge in [0, 0.05) is 55.5 Å². The quantitative estimate of drug-likeness (QED) is 0.439. The first-order valence-corrected chi connectivity index (χ1v) is 12.4. The summed E-state index contributed by atoms with van der Waals surface area (Å²) in [6, 6.07) is 15.6. The first-order valence-electron chi connectivity index (χ1n) is 12.4. The van der Waals surface area contributed by atoms with Gasteiger partial charge in [0.15, 0.2) is 0 Å². The highest BCUT2D eigenvalue weighted by Gasteiger charge is 2.31. The summed E-state index contributed by atoms with van der Waals surface area (Å²) in [6.07, 6.45) is 8.66. The Morgan fingerprint density at radius 1 is 1.00 bits per heavy atom. The monoisotopic (exact) mass is 492 g/mol. The zero-order chi connectivity index (χ0) is 23.3. The first kappa shape index (κ1) is 25.3. The molecule has 0 spiro atoms. The lowest BCUT2D eigenvalue weighted by Crippen LogP contribution is -2.40. The average molecular weight is 493 g/mol. The summed E-state index contributed by atoms with van der Waals surface area (Å²) in [6.45, 7) is 5.33. The number of hydrogen-bond acceptors (Lipinski definition) is 7. The van der Waals surface area contributed by atoms with Crippen LogP contribution >= 0.6 is 13.5 Å². The van der Waals surface area contributed by atoms with Crippen molar-refractivity contribution < 1.29 is 4.74 Å². The summed E-state index contributed by atoms with van der Waals surface area (Å²) in [5.41, 5.74) is 3.02. The van der Waals surface area contributed by atoms with Gasteiger partial charge in [0.1, 0.15) is 23.7 Å². The Bertz CT molecular complexity index is 1080. The molecule has 3 aromatic rings. The summed E-state index contributed by atoms with van der Waals surface area (Å²) in [7, 11) is 1.71. The summed E-state index contributed by atoms with van der Waals surface area (Å²) in [5, 5.41) is 7.06. The molecule has 2 N–H and O–H groups in total. The Kier molecular flexibility index (Phi) is 8.46. The van der Waals surface area contributed by atoms with Gasteiger partial charge in [-0.05, 0) is 49.4 Å². The number of aromatic nitrogens is 3. The molecule has 0 radical (unpaired) electrons. The van der Waals surface area contributed by atoms with Crippen molar-refractivity contribution in [1.82, 2.24) is 19.9 Å². The van der Waals surface area contributed by atoms with E-state index in [1.807, 2.05) is 30.5 Å². The number of methoxy groups -OCH3 is 1. The number of hydrogen-bond donors (Lipinski definition) is 2. The molecule has 1 aliphatic carbocycles. The fourth-order valence-corrected chi connectivity index (χ4v) is 4.74. The van der Waals surface area contributed by atoms with E-state index < -0.39 is 0 Å². The summed E-state index contributed by atoms with van der Waals surface area (Å²) < 4.78 is 5.50. The Morgan fingerprint density at radius 3 is 2.51 bits per heavy atom. The number of likely N-dealkylation sites (tertiary alicyclic amines) is 1. The fraction of sp³-hybridized carbons (Fsp3) is 0.444. The van der Waals surface area contributed by atoms with Crippen LogP contribution in [0.25, 0.3) is 11.3 Å². The predicted octanol–water partition coefficient (Wildman–Crippen LogP) is 4.91. The van der Waals surface area contributed by atoms with E-state index in [0.717, 1.165) is 41.2 Å². The molecule has 1 aromatic carbocycles. The van der Waals surface area contributed by atoms with Gasteiger partial charge in [-0.25, -0.2) is 15.0 Å². The van der Waals surface area contributed by atoms with Gasteiger partial charge < -0.3 is 20.3 Å². The minimum Gasteiger partial charge on any atom is -0.496 e. The SMILES string of the molecule is COc1ccccc1[C@H](C)CNc1cc(-c2ccc(NC3CCN(C4CC4)CC3)nc2)ncn1.S. The summed E-state index contributed by atoms with van der Waals surface area (Å²) in [5.74, 6) is 2.93. The van der Waals surface area contributed by atoms with Gasteiger partial charge in [0.2, 0.25) is 0 Å². The van der Waals surface area contributed by atoms with Crippen LogP contribution in [0.4, 0.5) is 11.6 Å².